The summed E-state index contributed by atoms with van der Waals surface area (Å²) in [6.07, 6.45) is 0.703. The van der Waals surface area contributed by atoms with E-state index in [0.717, 1.165) is 5.39 Å². The molecule has 2 aromatic heterocycles. The van der Waals surface area contributed by atoms with Crippen molar-refractivity contribution in [2.45, 2.75) is 6.92 Å². The van der Waals surface area contributed by atoms with E-state index >= 15 is 0 Å². The molecular weight excluding hydrogens is 258 g/mol. The zero-order valence-corrected chi connectivity index (χ0v) is 11.2. The van der Waals surface area contributed by atoms with E-state index in [1.54, 1.807) is 25.2 Å². The zero-order valence-electron chi connectivity index (χ0n) is 11.2. The molecule has 6 nitrogen and oxygen atoms in total. The second-order valence-corrected chi connectivity index (χ2v) is 4.44. The summed E-state index contributed by atoms with van der Waals surface area (Å²) in [6.45, 7) is 2.46. The fourth-order valence-electron chi connectivity index (χ4n) is 2.30. The molecule has 0 atom stereocenters. The van der Waals surface area contributed by atoms with Gasteiger partial charge < -0.3 is 4.74 Å². The molecule has 102 valence electrons. The largest absolute Gasteiger partial charge is 0.494 e. The molecule has 3 aromatic rings. The highest BCUT2D eigenvalue weighted by atomic mass is 16.5. The Morgan fingerprint density at radius 3 is 2.85 bits per heavy atom. The number of aryl methyl sites for hydroxylation is 1. The summed E-state index contributed by atoms with van der Waals surface area (Å²) in [5.41, 5.74) is 1.16. The molecule has 0 aliphatic heterocycles. The van der Waals surface area contributed by atoms with E-state index in [-0.39, 0.29) is 5.69 Å². The van der Waals surface area contributed by atoms with Gasteiger partial charge in [0, 0.05) is 12.4 Å². The van der Waals surface area contributed by atoms with Crippen LogP contribution >= 0.6 is 0 Å². The first-order valence-electron chi connectivity index (χ1n) is 6.26. The van der Waals surface area contributed by atoms with E-state index in [4.69, 9.17) is 4.74 Å². The molecule has 20 heavy (non-hydrogen) atoms. The molecule has 2 heterocycles. The van der Waals surface area contributed by atoms with Gasteiger partial charge in [0.15, 0.2) is 11.9 Å². The maximum Gasteiger partial charge on any atom is 0.350 e. The summed E-state index contributed by atoms with van der Waals surface area (Å²) in [4.78, 5) is 23.3. The van der Waals surface area contributed by atoms with Crippen molar-refractivity contribution in [3.8, 4) is 5.75 Å². The fraction of sp³-hybridized carbons (Fsp3) is 0.214. The number of ether oxygens (including phenoxy) is 1. The number of carbonyl (C=O) groups is 1. The molecule has 0 bridgehead atoms. The van der Waals surface area contributed by atoms with Crippen molar-refractivity contribution in [2.75, 3.05) is 6.61 Å². The highest BCUT2D eigenvalue weighted by Gasteiger charge is 2.13. The predicted molar refractivity (Wildman–Crippen MR) is 74.5 cm³/mol. The van der Waals surface area contributed by atoms with Gasteiger partial charge in [-0.1, -0.05) is 0 Å². The molecule has 6 heteroatoms. The maximum atomic E-state index is 12.1. The Balaban J connectivity index is 2.46. The highest BCUT2D eigenvalue weighted by molar-refractivity contribution is 5.93. The summed E-state index contributed by atoms with van der Waals surface area (Å²) < 4.78 is 8.10. The van der Waals surface area contributed by atoms with Gasteiger partial charge in [0.1, 0.15) is 5.75 Å². The summed E-state index contributed by atoms with van der Waals surface area (Å²) >= 11 is 0. The standard InChI is InChI=1S/C14H13N3O3/c1-3-20-11-4-5-12-9(7-11)6-10(8-18)13-15-16(2)14(19)17(12)13/h4-8H,3H2,1-2H3. The van der Waals surface area contributed by atoms with Crippen molar-refractivity contribution in [2.24, 2.45) is 7.05 Å². The van der Waals surface area contributed by atoms with Crippen molar-refractivity contribution in [3.63, 3.8) is 0 Å². The Bertz CT molecular complexity index is 877. The average Bonchev–Trinajstić information content (AvgIpc) is 2.74. The number of rotatable bonds is 3. The SMILES string of the molecule is CCOc1ccc2c(c1)cc(C=O)c1nn(C)c(=O)n12. The van der Waals surface area contributed by atoms with Crippen LogP contribution in [0.5, 0.6) is 5.75 Å². The normalized spacial score (nSPS) is 11.1. The second-order valence-electron chi connectivity index (χ2n) is 4.44. The number of hydrogen-bond acceptors (Lipinski definition) is 4. The van der Waals surface area contributed by atoms with E-state index in [1.807, 2.05) is 13.0 Å². The number of carbonyl (C=O) groups excluding carboxylic acids is 1. The van der Waals surface area contributed by atoms with Gasteiger partial charge in [0.25, 0.3) is 0 Å². The molecular formula is C14H13N3O3. The van der Waals surface area contributed by atoms with E-state index in [1.165, 1.54) is 9.08 Å². The van der Waals surface area contributed by atoms with E-state index in [9.17, 15) is 9.59 Å². The Morgan fingerprint density at radius 2 is 2.15 bits per heavy atom. The lowest BCUT2D eigenvalue weighted by Crippen LogP contribution is -2.18. The van der Waals surface area contributed by atoms with Crippen LogP contribution in [0.3, 0.4) is 0 Å². The molecule has 0 aliphatic carbocycles. The average molecular weight is 271 g/mol. The summed E-state index contributed by atoms with van der Waals surface area (Å²) in [7, 11) is 1.56. The third-order valence-corrected chi connectivity index (χ3v) is 3.17. The third kappa shape index (κ3) is 1.69. The molecule has 0 fully saturated rings. The summed E-state index contributed by atoms with van der Waals surface area (Å²) in [6, 6.07) is 7.12. The minimum atomic E-state index is -0.280. The molecule has 0 amide bonds. The van der Waals surface area contributed by atoms with Gasteiger partial charge in [-0.15, -0.1) is 5.10 Å². The number of nitrogens with zero attached hydrogens (tertiary/aromatic N) is 3. The number of aldehydes is 1. The maximum absolute atomic E-state index is 12.1. The van der Waals surface area contributed by atoms with Crippen LogP contribution in [0.15, 0.2) is 29.1 Å². The number of aromatic nitrogens is 3. The Labute approximate surface area is 114 Å². The minimum absolute atomic E-state index is 0.280. The lowest BCUT2D eigenvalue weighted by molar-refractivity contribution is 0.112. The molecule has 0 spiro atoms. The van der Waals surface area contributed by atoms with Gasteiger partial charge in [-0.25, -0.2) is 13.9 Å². The van der Waals surface area contributed by atoms with Gasteiger partial charge in [0.2, 0.25) is 0 Å². The van der Waals surface area contributed by atoms with Gasteiger partial charge in [-0.3, -0.25) is 4.79 Å². The summed E-state index contributed by atoms with van der Waals surface area (Å²) in [5, 5.41) is 4.86. The number of fused-ring (bicyclic) bond motifs is 3. The van der Waals surface area contributed by atoms with Crippen LogP contribution in [0.25, 0.3) is 16.6 Å². The molecule has 0 saturated heterocycles. The number of benzene rings is 1. The van der Waals surface area contributed by atoms with Crippen molar-refractivity contribution >= 4 is 22.8 Å². The predicted octanol–water partition coefficient (Wildman–Crippen LogP) is 1.40. The van der Waals surface area contributed by atoms with Crippen LogP contribution in [0.4, 0.5) is 0 Å². The first-order chi connectivity index (χ1) is 9.65. The lowest BCUT2D eigenvalue weighted by Gasteiger charge is -2.06. The van der Waals surface area contributed by atoms with E-state index in [2.05, 4.69) is 5.10 Å². The molecule has 0 saturated carbocycles. The van der Waals surface area contributed by atoms with Gasteiger partial charge in [0.05, 0.1) is 17.7 Å². The molecule has 0 aliphatic rings. The van der Waals surface area contributed by atoms with E-state index in [0.29, 0.717) is 35.4 Å². The molecule has 0 N–H and O–H groups in total. The van der Waals surface area contributed by atoms with Crippen LogP contribution in [0.2, 0.25) is 0 Å². The lowest BCUT2D eigenvalue weighted by atomic mass is 10.1. The molecule has 1 aromatic carbocycles. The van der Waals surface area contributed by atoms with Crippen molar-refractivity contribution < 1.29 is 9.53 Å². The van der Waals surface area contributed by atoms with Crippen LogP contribution in [-0.4, -0.2) is 27.1 Å². The Morgan fingerprint density at radius 1 is 1.35 bits per heavy atom. The third-order valence-electron chi connectivity index (χ3n) is 3.17. The van der Waals surface area contributed by atoms with Crippen LogP contribution < -0.4 is 10.4 Å². The molecule has 0 radical (unpaired) electrons. The number of pyridine rings is 1. The smallest absolute Gasteiger partial charge is 0.350 e. The van der Waals surface area contributed by atoms with Crippen LogP contribution in [0, 0.1) is 0 Å². The summed E-state index contributed by atoms with van der Waals surface area (Å²) in [5.74, 6) is 0.702. The number of hydrogen-bond donors (Lipinski definition) is 0. The first-order valence-corrected chi connectivity index (χ1v) is 6.26. The highest BCUT2D eigenvalue weighted by Crippen LogP contribution is 2.23. The molecule has 3 rings (SSSR count). The van der Waals surface area contributed by atoms with Crippen molar-refractivity contribution in [1.82, 2.24) is 14.2 Å². The monoisotopic (exact) mass is 271 g/mol. The second kappa shape index (κ2) is 4.48. The van der Waals surface area contributed by atoms with Gasteiger partial charge in [-0.05, 0) is 31.2 Å². The Hall–Kier alpha value is -2.63. The van der Waals surface area contributed by atoms with Crippen LogP contribution in [-0.2, 0) is 7.05 Å². The van der Waals surface area contributed by atoms with E-state index < -0.39 is 0 Å². The van der Waals surface area contributed by atoms with Gasteiger partial charge >= 0.3 is 5.69 Å². The van der Waals surface area contributed by atoms with Crippen molar-refractivity contribution in [3.05, 3.63) is 40.3 Å². The van der Waals surface area contributed by atoms with Crippen LogP contribution in [0.1, 0.15) is 17.3 Å². The van der Waals surface area contributed by atoms with Gasteiger partial charge in [-0.2, -0.15) is 0 Å². The topological polar surface area (TPSA) is 65.6 Å². The minimum Gasteiger partial charge on any atom is -0.494 e. The molecule has 0 unspecified atom stereocenters. The van der Waals surface area contributed by atoms with Crippen molar-refractivity contribution in [1.29, 1.82) is 0 Å². The quantitative estimate of drug-likeness (QED) is 0.675. The Kier molecular flexibility index (Phi) is 2.78. The fourth-order valence-corrected chi connectivity index (χ4v) is 2.30. The zero-order chi connectivity index (χ0) is 14.3. The first kappa shape index (κ1) is 12.4.